The van der Waals surface area contributed by atoms with E-state index >= 15 is 0 Å². The molecule has 0 saturated heterocycles. The molecule has 744 valence electrons. The number of allylic oxidation sites excluding steroid dienone is 27. The summed E-state index contributed by atoms with van der Waals surface area (Å²) >= 11 is 22.3. The Kier molecular flexibility index (Phi) is 94.4. The maximum absolute atomic E-state index is 12.5. The van der Waals surface area contributed by atoms with E-state index in [-0.39, 0.29) is 50.0 Å². The maximum atomic E-state index is 12.5. The van der Waals surface area contributed by atoms with E-state index in [4.69, 9.17) is 46.4 Å². The van der Waals surface area contributed by atoms with Crippen LogP contribution in [0.2, 0.25) is 0 Å². The van der Waals surface area contributed by atoms with Crippen molar-refractivity contribution in [1.29, 1.82) is 0 Å². The van der Waals surface area contributed by atoms with Crippen LogP contribution >= 0.6 is 46.4 Å². The van der Waals surface area contributed by atoms with Crippen molar-refractivity contribution < 1.29 is 22.0 Å². The van der Waals surface area contributed by atoms with Gasteiger partial charge in [-0.3, -0.25) is 0 Å². The van der Waals surface area contributed by atoms with Gasteiger partial charge in [-0.2, -0.15) is 0 Å². The van der Waals surface area contributed by atoms with Crippen molar-refractivity contribution in [3.8, 4) is 0 Å². The van der Waals surface area contributed by atoms with Gasteiger partial charge >= 0.3 is 0 Å². The highest BCUT2D eigenvalue weighted by molar-refractivity contribution is 6.56. The predicted octanol–water partition coefficient (Wildman–Crippen LogP) is 46.5. The van der Waals surface area contributed by atoms with Crippen LogP contribution in [-0.4, -0.2) is 0 Å². The second-order valence-corrected chi connectivity index (χ2v) is 50.9. The Morgan fingerprint density at radius 1 is 0.315 bits per heavy atom. The maximum Gasteiger partial charge on any atom is 0.136 e. The van der Waals surface area contributed by atoms with Crippen molar-refractivity contribution in [2.24, 2.45) is 92.6 Å². The van der Waals surface area contributed by atoms with Crippen LogP contribution in [-0.2, 0) is 0 Å². The summed E-state index contributed by atoms with van der Waals surface area (Å²) in [6, 6.07) is 0. The molecule has 0 aromatic rings. The quantitative estimate of drug-likeness (QED) is 0.191. The van der Waals surface area contributed by atoms with Crippen molar-refractivity contribution >= 4 is 46.4 Å². The van der Waals surface area contributed by atoms with Crippen molar-refractivity contribution in [2.75, 3.05) is 0 Å². The molecule has 0 aliphatic carbocycles. The van der Waals surface area contributed by atoms with E-state index in [0.29, 0.717) is 64.2 Å². The lowest BCUT2D eigenvalue weighted by Crippen LogP contribution is -2.07. The molecule has 0 spiro atoms. The van der Waals surface area contributed by atoms with Gasteiger partial charge in [0.25, 0.3) is 0 Å². The minimum Gasteiger partial charge on any atom is -0.212 e. The van der Waals surface area contributed by atoms with Gasteiger partial charge in [0.1, 0.15) is 16.1 Å². The van der Waals surface area contributed by atoms with E-state index in [1.165, 1.54) is 30.6 Å². The van der Waals surface area contributed by atoms with Crippen LogP contribution in [0.1, 0.15) is 456 Å². The molecule has 0 atom stereocenters. The van der Waals surface area contributed by atoms with E-state index in [0.717, 1.165) is 29.5 Å². The molecule has 0 heterocycles. The lowest BCUT2D eigenvalue weighted by molar-refractivity contribution is 0.355. The van der Waals surface area contributed by atoms with Gasteiger partial charge in [0.05, 0.1) is 17.5 Å². The van der Waals surface area contributed by atoms with Crippen LogP contribution < -0.4 is 0 Å². The molecule has 0 amide bonds. The third-order valence-corrected chi connectivity index (χ3v) is 17.1. The first-order valence-corrected chi connectivity index (χ1v) is 46.6. The van der Waals surface area contributed by atoms with Crippen LogP contribution in [0.4, 0.5) is 22.0 Å². The van der Waals surface area contributed by atoms with Gasteiger partial charge in [-0.15, -0.1) is 6.58 Å². The summed E-state index contributed by atoms with van der Waals surface area (Å²) in [6.45, 7) is 147. The summed E-state index contributed by atoms with van der Waals surface area (Å²) in [6.07, 6.45) is 32.8. The Morgan fingerprint density at radius 3 is 0.565 bits per heavy atom. The first-order chi connectivity index (χ1) is 53.4. The summed E-state index contributed by atoms with van der Waals surface area (Å²) in [5, 5.41) is 1.59. The topological polar surface area (TPSA) is 0 Å². The fourth-order valence-corrected chi connectivity index (χ4v) is 6.72. The molecule has 0 aromatic heterocycles. The average Bonchev–Trinajstić information content (AvgIpc) is 0.893. The fraction of sp³-hybridized carbons (Fsp3) is 0.722. The zero-order valence-corrected chi connectivity index (χ0v) is 98.7. The van der Waals surface area contributed by atoms with Crippen molar-refractivity contribution in [3.05, 3.63) is 189 Å². The Labute approximate surface area is 800 Å². The highest BCUT2D eigenvalue weighted by Crippen LogP contribution is 2.33. The molecule has 9 heteroatoms. The SMILES string of the molecule is C/C(Cl)=C/C(C)(C)C.C/C(F)=C(\C)C(C)(C)C.C/C(F)=C(\F)C(C)(C)C.C/C(F)=C/C(C)(C)C.C/C=C(\C)C(C)(C)C.C/C=C(\C)C(C)(C)C.C/C=C/C(C)(C)C.C/C=C/C(C)(C)C.C/C=C/C(C)(C)C.C=C(C)C(C)(C)C.C=C(Cl)C(C)(C)C.C=C(F)C(C)(C)C.C=CC(C)(C)C.CC(=C(Cl)Cl)C(C)(C)C.CC(C)/C=C/C(C)(C)C.CC/C=C/C(C)(C)C. The summed E-state index contributed by atoms with van der Waals surface area (Å²) < 4.78 is 61.6. The van der Waals surface area contributed by atoms with Crippen LogP contribution in [0.5, 0.6) is 0 Å². The zero-order chi connectivity index (χ0) is 105. The molecule has 0 saturated carbocycles. The van der Waals surface area contributed by atoms with Crippen LogP contribution in [0.3, 0.4) is 0 Å². The van der Waals surface area contributed by atoms with Gasteiger partial charge < -0.3 is 0 Å². The van der Waals surface area contributed by atoms with Crippen molar-refractivity contribution in [3.63, 3.8) is 0 Å². The lowest BCUT2D eigenvalue weighted by atomic mass is 9.87. The third kappa shape index (κ3) is 176. The van der Waals surface area contributed by atoms with E-state index in [2.05, 4.69) is 383 Å². The van der Waals surface area contributed by atoms with Gasteiger partial charge in [-0.05, 0) is 202 Å². The Balaban J connectivity index is -0.0000000717. The Bertz CT molecular complexity index is 2810. The number of halogens is 9. The Morgan fingerprint density at radius 2 is 0.548 bits per heavy atom. The largest absolute Gasteiger partial charge is 0.212 e. The Hall–Kier alpha value is -3.35. The average molecular weight is 1840 g/mol. The van der Waals surface area contributed by atoms with E-state index in [9.17, 15) is 22.0 Å². The fourth-order valence-electron chi connectivity index (χ4n) is 5.83. The molecule has 0 bridgehead atoms. The second kappa shape index (κ2) is 74.2. The molecule has 0 unspecified atom stereocenters. The standard InChI is InChI=1S/C9H18.C8H15F.3C8H16.C7H12Cl2.C7H13Cl.C7H12F2.C7H13F.4C7H14.C6H11Cl.C6H11F.C6H12/c1-8(2)6-7-9(3,4)5;1-6(7(2)9)8(3,4)5;2*1-6-7(2)8(3,4)5;1-5-6-7-8(2,3)4;1-5(6(8)9)7(2,3)4;1-6(8)5-7(2,3)4;1-5(8)6(9)7(2,3)4;1-6(8)5-7(2,3)4;1-6(2)7(3,4)5;3*1-5-6-7(2,3)4;2*1-5(7)6(2,3)4;1-5-6(2,3)4/h6-8H,1-5H3;1-5H3;2*6H,1-5H3;6-7H,5H2,1-4H3;1-4H3;5H,1-4H3;1-4H3;5H,1-4H3;1H2,2-5H3;3*5-6H,1-4H3;2*1H2,2-4H3;5H,1H2,2-4H3/b7-6+;7-6-;3*7-6+;;6-5-;6-5+;6-5-;;3*6-5+;;;. The third-order valence-electron chi connectivity index (χ3n) is 15.9. The second-order valence-electron chi connectivity index (χ2n) is 48.9. The highest BCUT2D eigenvalue weighted by atomic mass is 35.5. The van der Waals surface area contributed by atoms with Gasteiger partial charge in [0, 0.05) is 20.9 Å². The predicted molar refractivity (Wildman–Crippen MR) is 582 cm³/mol. The highest BCUT2D eigenvalue weighted by Gasteiger charge is 2.21. The first-order valence-electron chi connectivity index (χ1n) is 45.0. The van der Waals surface area contributed by atoms with Crippen LogP contribution in [0.25, 0.3) is 0 Å². The molecule has 0 N–H and O–H groups in total. The van der Waals surface area contributed by atoms with Crippen LogP contribution in [0, 0.1) is 92.6 Å². The van der Waals surface area contributed by atoms with E-state index in [1.54, 1.807) is 47.6 Å². The zero-order valence-electron chi connectivity index (χ0n) is 95.7. The number of hydrogen-bond acceptors (Lipinski definition) is 0. The van der Waals surface area contributed by atoms with Gasteiger partial charge in [0.2, 0.25) is 0 Å². The molecule has 124 heavy (non-hydrogen) atoms. The monoisotopic (exact) mass is 1840 g/mol. The molecule has 0 nitrogen and oxygen atoms in total. The molecule has 0 fully saturated rings. The number of rotatable bonds is 2. The summed E-state index contributed by atoms with van der Waals surface area (Å²) in [7, 11) is 0. The van der Waals surface area contributed by atoms with Gasteiger partial charge in [-0.1, -0.05) is 521 Å². The van der Waals surface area contributed by atoms with Crippen molar-refractivity contribution in [2.45, 2.75) is 456 Å². The first kappa shape index (κ1) is 158. The molecule has 0 aromatic carbocycles. The normalized spacial score (nSPS) is 13.3. The van der Waals surface area contributed by atoms with Crippen LogP contribution in [0.15, 0.2) is 189 Å². The molecule has 0 rings (SSSR count). The molecule has 0 radical (unpaired) electrons. The van der Waals surface area contributed by atoms with Crippen molar-refractivity contribution in [1.82, 2.24) is 0 Å². The molecular formula is C115H221Cl4F5. The van der Waals surface area contributed by atoms with E-state index in [1.807, 2.05) is 116 Å². The van der Waals surface area contributed by atoms with Gasteiger partial charge in [0.15, 0.2) is 0 Å². The summed E-state index contributed by atoms with van der Waals surface area (Å²) in [5.41, 5.74) is 8.53. The number of hydrogen-bond donors (Lipinski definition) is 0. The van der Waals surface area contributed by atoms with E-state index < -0.39 is 17.1 Å². The smallest absolute Gasteiger partial charge is 0.136 e. The molecule has 0 aliphatic heterocycles. The molecule has 0 aliphatic rings. The lowest BCUT2D eigenvalue weighted by Gasteiger charge is -2.19. The minimum absolute atomic E-state index is 0.0150. The molecular weight excluding hydrogens is 1620 g/mol. The summed E-state index contributed by atoms with van der Waals surface area (Å²) in [4.78, 5) is 0. The minimum atomic E-state index is -0.720. The summed E-state index contributed by atoms with van der Waals surface area (Å²) in [5.74, 6) is -1.11. The van der Waals surface area contributed by atoms with Gasteiger partial charge in [-0.25, -0.2) is 22.0 Å².